The first-order chi connectivity index (χ1) is 17.2. The van der Waals surface area contributed by atoms with E-state index in [1.54, 1.807) is 7.11 Å². The summed E-state index contributed by atoms with van der Waals surface area (Å²) in [5, 5.41) is 17.0. The molecule has 2 aromatic heterocycles. The molecule has 4 aromatic rings. The van der Waals surface area contributed by atoms with Crippen molar-refractivity contribution in [1.82, 2.24) is 20.3 Å². The minimum atomic E-state index is 0.367. The third-order valence-corrected chi connectivity index (χ3v) is 7.74. The number of methoxy groups -OCH3 is 1. The first-order valence-electron chi connectivity index (χ1n) is 12.1. The summed E-state index contributed by atoms with van der Waals surface area (Å²) in [5.41, 5.74) is 3.90. The van der Waals surface area contributed by atoms with Crippen molar-refractivity contribution < 1.29 is 4.74 Å². The van der Waals surface area contributed by atoms with Crippen LogP contribution in [0.2, 0.25) is 0 Å². The number of hydrogen-bond acceptors (Lipinski definition) is 7. The van der Waals surface area contributed by atoms with Gasteiger partial charge in [0.05, 0.1) is 29.8 Å². The monoisotopic (exact) mass is 482 g/mol. The number of nitrogens with one attached hydrogen (secondary N) is 1. The number of pyridine rings is 1. The molecule has 6 rings (SSSR count). The fourth-order valence-electron chi connectivity index (χ4n) is 5.60. The van der Waals surface area contributed by atoms with Gasteiger partial charge in [0.15, 0.2) is 0 Å². The summed E-state index contributed by atoms with van der Waals surface area (Å²) >= 11 is 0. The second kappa shape index (κ2) is 9.03. The first kappa shape index (κ1) is 22.2. The van der Waals surface area contributed by atoms with Crippen molar-refractivity contribution in [2.75, 3.05) is 25.1 Å². The highest BCUT2D eigenvalue weighted by molar-refractivity contribution is 7.28. The summed E-state index contributed by atoms with van der Waals surface area (Å²) in [5.74, 6) is 0.889. The second-order valence-corrected chi connectivity index (χ2v) is 9.92. The van der Waals surface area contributed by atoms with Gasteiger partial charge >= 0.3 is 6.01 Å². The molecule has 0 amide bonds. The van der Waals surface area contributed by atoms with E-state index in [9.17, 15) is 0 Å². The van der Waals surface area contributed by atoms with Crippen LogP contribution in [-0.2, 0) is 6.42 Å². The lowest BCUT2D eigenvalue weighted by Crippen LogP contribution is -2.51. The molecule has 1 N–H and O–H groups in total. The average molecular weight is 483 g/mol. The van der Waals surface area contributed by atoms with E-state index < -0.39 is 0 Å². The third kappa shape index (κ3) is 3.87. The molecule has 2 fully saturated rings. The summed E-state index contributed by atoms with van der Waals surface area (Å²) in [4.78, 5) is 16.8. The van der Waals surface area contributed by atoms with Gasteiger partial charge in [-0.3, -0.25) is 4.98 Å². The molecule has 2 aliphatic heterocycles. The highest BCUT2D eigenvalue weighted by Gasteiger charge is 2.34. The van der Waals surface area contributed by atoms with E-state index in [0.29, 0.717) is 30.9 Å². The summed E-state index contributed by atoms with van der Waals surface area (Å²) < 4.78 is 5.53. The van der Waals surface area contributed by atoms with E-state index >= 15 is 0 Å². The van der Waals surface area contributed by atoms with Crippen molar-refractivity contribution in [3.05, 3.63) is 48.2 Å². The largest absolute Gasteiger partial charge is 0.467 e. The molecule has 8 heteroatoms. The van der Waals surface area contributed by atoms with Crippen molar-refractivity contribution in [3.63, 3.8) is 0 Å². The SMILES string of the molecule is COc1nc(N2CC3CCC(C2)N3)c2cnc(-c3cccc4cccc(CCC#N)c34)c(P)c2n1. The van der Waals surface area contributed by atoms with Gasteiger partial charge in [-0.05, 0) is 35.6 Å². The van der Waals surface area contributed by atoms with Crippen LogP contribution >= 0.6 is 9.24 Å². The van der Waals surface area contributed by atoms with Gasteiger partial charge in [-0.1, -0.05) is 36.4 Å². The Morgan fingerprint density at radius 1 is 1.14 bits per heavy atom. The Morgan fingerprint density at radius 3 is 2.66 bits per heavy atom. The quantitative estimate of drug-likeness (QED) is 0.434. The molecule has 3 atom stereocenters. The minimum Gasteiger partial charge on any atom is -0.467 e. The fraction of sp³-hybridized carbons (Fsp3) is 0.333. The molecule has 2 saturated heterocycles. The van der Waals surface area contributed by atoms with Gasteiger partial charge in [-0.2, -0.15) is 15.2 Å². The zero-order valence-electron chi connectivity index (χ0n) is 19.7. The molecule has 2 bridgehead atoms. The molecule has 35 heavy (non-hydrogen) atoms. The molecule has 0 radical (unpaired) electrons. The number of aryl methyl sites for hydroxylation is 1. The van der Waals surface area contributed by atoms with E-state index in [1.807, 2.05) is 6.20 Å². The Bertz CT molecular complexity index is 1470. The van der Waals surface area contributed by atoms with Crippen LogP contribution in [0.25, 0.3) is 32.9 Å². The first-order valence-corrected chi connectivity index (χ1v) is 12.6. The molecule has 176 valence electrons. The van der Waals surface area contributed by atoms with Crippen LogP contribution in [0.3, 0.4) is 0 Å². The lowest BCUT2D eigenvalue weighted by Gasteiger charge is -2.34. The zero-order valence-corrected chi connectivity index (χ0v) is 20.8. The number of fused-ring (bicyclic) bond motifs is 4. The summed E-state index contributed by atoms with van der Waals surface area (Å²) in [6, 6.07) is 16.2. The number of nitrogens with zero attached hydrogens (tertiary/aromatic N) is 5. The Hall–Kier alpha value is -3.33. The molecular weight excluding hydrogens is 455 g/mol. The number of piperazine rings is 1. The van der Waals surface area contributed by atoms with Gasteiger partial charge in [0.1, 0.15) is 5.82 Å². The second-order valence-electron chi connectivity index (χ2n) is 9.34. The minimum absolute atomic E-state index is 0.367. The Labute approximate surface area is 206 Å². The van der Waals surface area contributed by atoms with Crippen LogP contribution in [0.15, 0.2) is 42.6 Å². The van der Waals surface area contributed by atoms with Crippen molar-refractivity contribution in [2.45, 2.75) is 37.8 Å². The highest BCUT2D eigenvalue weighted by atomic mass is 31.0. The van der Waals surface area contributed by atoms with E-state index in [0.717, 1.165) is 62.7 Å². The number of aromatic nitrogens is 3. The molecule has 0 spiro atoms. The maximum atomic E-state index is 9.17. The molecule has 0 saturated carbocycles. The molecular formula is C27H27N6OP. The zero-order chi connectivity index (χ0) is 23.9. The van der Waals surface area contributed by atoms with Gasteiger partial charge in [0.25, 0.3) is 0 Å². The Kier molecular flexibility index (Phi) is 5.72. The Morgan fingerprint density at radius 2 is 1.91 bits per heavy atom. The van der Waals surface area contributed by atoms with E-state index in [-0.39, 0.29) is 0 Å². The molecule has 4 heterocycles. The number of benzene rings is 2. The topological polar surface area (TPSA) is 87.0 Å². The molecule has 2 aromatic carbocycles. The standard InChI is InChI=1S/C27H27N6OP/c1-34-27-31-24-21(26(32-27)33-14-18-10-11-19(15-33)30-18)13-29-23(25(24)35)20-9-3-7-16-5-2-6-17(22(16)20)8-4-12-28/h2-3,5-7,9,13,18-19,30H,4,8,10-11,14-15,35H2,1H3. The number of anilines is 1. The fourth-order valence-corrected chi connectivity index (χ4v) is 6.05. The van der Waals surface area contributed by atoms with Gasteiger partial charge in [-0.25, -0.2) is 0 Å². The van der Waals surface area contributed by atoms with Crippen molar-refractivity contribution in [3.8, 4) is 23.3 Å². The highest BCUT2D eigenvalue weighted by Crippen LogP contribution is 2.35. The van der Waals surface area contributed by atoms with Gasteiger partial charge in [0, 0.05) is 48.7 Å². The van der Waals surface area contributed by atoms with Crippen LogP contribution in [0.4, 0.5) is 5.82 Å². The molecule has 3 unspecified atom stereocenters. The van der Waals surface area contributed by atoms with Crippen LogP contribution in [0, 0.1) is 11.3 Å². The van der Waals surface area contributed by atoms with Crippen LogP contribution in [0.1, 0.15) is 24.8 Å². The molecule has 7 nitrogen and oxygen atoms in total. The predicted molar refractivity (Wildman–Crippen MR) is 142 cm³/mol. The van der Waals surface area contributed by atoms with Crippen LogP contribution in [0.5, 0.6) is 6.01 Å². The van der Waals surface area contributed by atoms with Gasteiger partial charge in [0.2, 0.25) is 0 Å². The van der Waals surface area contributed by atoms with E-state index in [2.05, 4.69) is 61.9 Å². The van der Waals surface area contributed by atoms with Gasteiger partial charge < -0.3 is 15.0 Å². The average Bonchev–Trinajstić information content (AvgIpc) is 3.24. The number of ether oxygens (including phenoxy) is 1. The van der Waals surface area contributed by atoms with Crippen molar-refractivity contribution in [1.29, 1.82) is 5.26 Å². The summed E-state index contributed by atoms with van der Waals surface area (Å²) in [6.07, 6.45) is 5.50. The number of rotatable bonds is 5. The van der Waals surface area contributed by atoms with Crippen LogP contribution in [-0.4, -0.2) is 47.2 Å². The smallest absolute Gasteiger partial charge is 0.318 e. The summed E-state index contributed by atoms with van der Waals surface area (Å²) in [6.45, 7) is 1.84. The lowest BCUT2D eigenvalue weighted by molar-refractivity contribution is 0.380. The molecule has 2 aliphatic rings. The van der Waals surface area contributed by atoms with E-state index in [4.69, 9.17) is 25.0 Å². The third-order valence-electron chi connectivity index (χ3n) is 7.19. The van der Waals surface area contributed by atoms with E-state index in [1.165, 1.54) is 12.8 Å². The van der Waals surface area contributed by atoms with Gasteiger partial charge in [-0.15, -0.1) is 9.24 Å². The number of hydrogen-bond donors (Lipinski definition) is 1. The normalized spacial score (nSPS) is 19.3. The Balaban J connectivity index is 1.53. The van der Waals surface area contributed by atoms with Crippen LogP contribution < -0.4 is 20.3 Å². The lowest BCUT2D eigenvalue weighted by atomic mass is 9.94. The maximum Gasteiger partial charge on any atom is 0.318 e. The summed E-state index contributed by atoms with van der Waals surface area (Å²) in [7, 11) is 4.48. The number of nitriles is 1. The molecule has 0 aliphatic carbocycles. The predicted octanol–water partition coefficient (Wildman–Crippen LogP) is 3.75. The maximum absolute atomic E-state index is 9.17. The van der Waals surface area contributed by atoms with Crippen molar-refractivity contribution in [2.24, 2.45) is 0 Å². The van der Waals surface area contributed by atoms with Crippen molar-refractivity contribution >= 4 is 42.0 Å².